The van der Waals surface area contributed by atoms with Crippen molar-refractivity contribution in [1.29, 1.82) is 0 Å². The van der Waals surface area contributed by atoms with Crippen LogP contribution in [0.2, 0.25) is 0 Å². The van der Waals surface area contributed by atoms with Crippen molar-refractivity contribution in [1.82, 2.24) is 4.57 Å². The van der Waals surface area contributed by atoms with Crippen molar-refractivity contribution in [2.24, 2.45) is 4.99 Å². The Balaban J connectivity index is 1.62. The van der Waals surface area contributed by atoms with E-state index in [9.17, 15) is 13.2 Å². The molecule has 0 unspecified atom stereocenters. The molecule has 0 bridgehead atoms. The van der Waals surface area contributed by atoms with E-state index in [0.29, 0.717) is 22.6 Å². The minimum absolute atomic E-state index is 0.160. The number of carbonyl (C=O) groups is 1. The van der Waals surface area contributed by atoms with Gasteiger partial charge in [-0.25, -0.2) is 8.42 Å². The largest absolute Gasteiger partial charge is 0.305 e. The predicted octanol–water partition coefficient (Wildman–Crippen LogP) is 4.19. The van der Waals surface area contributed by atoms with Crippen LogP contribution in [0, 0.1) is 19.3 Å². The normalized spacial score (nSPS) is 11.9. The molecule has 32 heavy (non-hydrogen) atoms. The summed E-state index contributed by atoms with van der Waals surface area (Å²) in [7, 11) is -3.70. The van der Waals surface area contributed by atoms with E-state index in [2.05, 4.69) is 15.6 Å². The molecule has 1 N–H and O–H groups in total. The molecule has 1 amide bonds. The number of sulfonamides is 1. The summed E-state index contributed by atoms with van der Waals surface area (Å²) in [5.41, 5.74) is 2.73. The SMILES string of the molecule is C#CCn1c(=NC(=O)c2ccc(NS(=O)(=O)c3ccccc3)cc2)sc2cc(C)ccc21. The van der Waals surface area contributed by atoms with E-state index in [0.717, 1.165) is 15.8 Å². The number of fused-ring (bicyclic) bond motifs is 1. The average molecular weight is 462 g/mol. The van der Waals surface area contributed by atoms with Crippen LogP contribution in [0.1, 0.15) is 15.9 Å². The number of aryl methyl sites for hydroxylation is 1. The Bertz CT molecular complexity index is 1510. The van der Waals surface area contributed by atoms with Gasteiger partial charge in [0.05, 0.1) is 21.7 Å². The van der Waals surface area contributed by atoms with E-state index in [-0.39, 0.29) is 4.90 Å². The molecular formula is C24H19N3O3S2. The van der Waals surface area contributed by atoms with Gasteiger partial charge in [0.25, 0.3) is 15.9 Å². The van der Waals surface area contributed by atoms with Gasteiger partial charge in [-0.15, -0.1) is 6.42 Å². The third-order valence-corrected chi connectivity index (χ3v) is 7.16. The maximum atomic E-state index is 12.8. The summed E-state index contributed by atoms with van der Waals surface area (Å²) >= 11 is 1.40. The zero-order valence-electron chi connectivity index (χ0n) is 17.1. The first-order chi connectivity index (χ1) is 15.4. The Hall–Kier alpha value is -3.67. The summed E-state index contributed by atoms with van der Waals surface area (Å²) in [6.07, 6.45) is 5.51. The van der Waals surface area contributed by atoms with Crippen LogP contribution in [0.3, 0.4) is 0 Å². The number of thiazole rings is 1. The zero-order chi connectivity index (χ0) is 22.7. The van der Waals surface area contributed by atoms with E-state index in [1.807, 2.05) is 29.7 Å². The van der Waals surface area contributed by atoms with Crippen LogP contribution in [0.4, 0.5) is 5.69 Å². The molecule has 0 aliphatic rings. The molecule has 0 aliphatic heterocycles. The van der Waals surface area contributed by atoms with Crippen molar-refractivity contribution in [2.75, 3.05) is 4.72 Å². The molecule has 0 saturated carbocycles. The molecule has 4 aromatic rings. The van der Waals surface area contributed by atoms with Crippen molar-refractivity contribution in [3.8, 4) is 12.3 Å². The number of aromatic nitrogens is 1. The number of anilines is 1. The van der Waals surface area contributed by atoms with Gasteiger partial charge >= 0.3 is 0 Å². The second-order valence-corrected chi connectivity index (χ2v) is 9.75. The van der Waals surface area contributed by atoms with E-state index >= 15 is 0 Å². The number of hydrogen-bond donors (Lipinski definition) is 1. The summed E-state index contributed by atoms with van der Waals surface area (Å²) < 4.78 is 30.2. The van der Waals surface area contributed by atoms with Gasteiger partial charge in [0.1, 0.15) is 0 Å². The summed E-state index contributed by atoms with van der Waals surface area (Å²) in [5, 5.41) is 0. The first-order valence-electron chi connectivity index (χ1n) is 9.68. The second kappa shape index (κ2) is 8.83. The highest BCUT2D eigenvalue weighted by molar-refractivity contribution is 7.92. The van der Waals surface area contributed by atoms with E-state index in [1.165, 1.54) is 47.7 Å². The molecule has 0 aliphatic carbocycles. The maximum Gasteiger partial charge on any atom is 0.279 e. The third-order valence-electron chi connectivity index (χ3n) is 4.72. The van der Waals surface area contributed by atoms with Crippen LogP contribution < -0.4 is 9.52 Å². The molecule has 3 aromatic carbocycles. The van der Waals surface area contributed by atoms with Crippen molar-refractivity contribution < 1.29 is 13.2 Å². The van der Waals surface area contributed by atoms with Crippen LogP contribution in [0.15, 0.2) is 82.7 Å². The van der Waals surface area contributed by atoms with Gasteiger partial charge in [0.2, 0.25) is 0 Å². The summed E-state index contributed by atoms with van der Waals surface area (Å²) in [6, 6.07) is 20.2. The van der Waals surface area contributed by atoms with Gasteiger partial charge in [0, 0.05) is 11.3 Å². The summed E-state index contributed by atoms with van der Waals surface area (Å²) in [5.74, 6) is 2.17. The van der Waals surface area contributed by atoms with Crippen molar-refractivity contribution in [3.63, 3.8) is 0 Å². The summed E-state index contributed by atoms with van der Waals surface area (Å²) in [4.78, 5) is 17.7. The smallest absolute Gasteiger partial charge is 0.279 e. The molecule has 1 heterocycles. The van der Waals surface area contributed by atoms with Gasteiger partial charge in [-0.2, -0.15) is 4.99 Å². The van der Waals surface area contributed by atoms with Crippen LogP contribution in [0.25, 0.3) is 10.2 Å². The lowest BCUT2D eigenvalue weighted by molar-refractivity contribution is 0.0998. The fourth-order valence-corrected chi connectivity index (χ4v) is 5.36. The average Bonchev–Trinajstić information content (AvgIpc) is 3.10. The van der Waals surface area contributed by atoms with Gasteiger partial charge < -0.3 is 4.57 Å². The van der Waals surface area contributed by atoms with Gasteiger partial charge in [-0.05, 0) is 61.0 Å². The minimum atomic E-state index is -3.70. The van der Waals surface area contributed by atoms with Gasteiger partial charge in [-0.3, -0.25) is 9.52 Å². The molecule has 6 nitrogen and oxygen atoms in total. The topological polar surface area (TPSA) is 80.5 Å². The third kappa shape index (κ3) is 4.49. The molecule has 0 radical (unpaired) electrons. The van der Waals surface area contributed by atoms with Crippen molar-refractivity contribution in [2.45, 2.75) is 18.4 Å². The Morgan fingerprint density at radius 1 is 1.09 bits per heavy atom. The number of hydrogen-bond acceptors (Lipinski definition) is 4. The Morgan fingerprint density at radius 2 is 1.81 bits per heavy atom. The molecule has 0 fully saturated rings. The van der Waals surface area contributed by atoms with Crippen LogP contribution in [-0.2, 0) is 16.6 Å². The number of amides is 1. The maximum absolute atomic E-state index is 12.8. The minimum Gasteiger partial charge on any atom is -0.305 e. The number of benzene rings is 3. The number of rotatable bonds is 5. The number of nitrogens with zero attached hydrogens (tertiary/aromatic N) is 2. The Kier molecular flexibility index (Phi) is 5.95. The molecular weight excluding hydrogens is 442 g/mol. The lowest BCUT2D eigenvalue weighted by Gasteiger charge is -2.08. The van der Waals surface area contributed by atoms with E-state index in [4.69, 9.17) is 6.42 Å². The standard InChI is InChI=1S/C24H19N3O3S2/c1-3-15-27-21-14-9-17(2)16-22(21)31-24(27)25-23(28)18-10-12-19(13-11-18)26-32(29,30)20-7-5-4-6-8-20/h1,4-14,16,26H,15H2,2H3. The quantitative estimate of drug-likeness (QED) is 0.453. The molecule has 0 spiro atoms. The van der Waals surface area contributed by atoms with Crippen LogP contribution in [-0.4, -0.2) is 18.9 Å². The monoisotopic (exact) mass is 461 g/mol. The zero-order valence-corrected chi connectivity index (χ0v) is 18.8. The highest BCUT2D eigenvalue weighted by Crippen LogP contribution is 2.20. The molecule has 0 atom stereocenters. The number of nitrogens with one attached hydrogen (secondary N) is 1. The lowest BCUT2D eigenvalue weighted by Crippen LogP contribution is -2.16. The van der Waals surface area contributed by atoms with Crippen molar-refractivity contribution >= 4 is 43.2 Å². The fraction of sp³-hybridized carbons (Fsp3) is 0.0833. The van der Waals surface area contributed by atoms with E-state index in [1.54, 1.807) is 18.2 Å². The fourth-order valence-electron chi connectivity index (χ4n) is 3.16. The van der Waals surface area contributed by atoms with Crippen molar-refractivity contribution in [3.05, 3.63) is 88.7 Å². The first kappa shape index (κ1) is 21.6. The molecule has 1 aromatic heterocycles. The Labute approximate surface area is 189 Å². The second-order valence-electron chi connectivity index (χ2n) is 7.06. The highest BCUT2D eigenvalue weighted by atomic mass is 32.2. The Morgan fingerprint density at radius 3 is 2.50 bits per heavy atom. The van der Waals surface area contributed by atoms with Crippen LogP contribution in [0.5, 0.6) is 0 Å². The summed E-state index contributed by atoms with van der Waals surface area (Å²) in [6.45, 7) is 2.30. The first-order valence-corrected chi connectivity index (χ1v) is 12.0. The van der Waals surface area contributed by atoms with Gasteiger partial charge in [-0.1, -0.05) is 41.5 Å². The predicted molar refractivity (Wildman–Crippen MR) is 127 cm³/mol. The molecule has 0 saturated heterocycles. The molecule has 8 heteroatoms. The molecule has 160 valence electrons. The van der Waals surface area contributed by atoms with E-state index < -0.39 is 15.9 Å². The number of terminal acetylenes is 1. The number of carbonyl (C=O) groups excluding carboxylic acids is 1. The highest BCUT2D eigenvalue weighted by Gasteiger charge is 2.14. The van der Waals surface area contributed by atoms with Crippen LogP contribution >= 0.6 is 11.3 Å². The molecule has 4 rings (SSSR count). The lowest BCUT2D eigenvalue weighted by atomic mass is 10.2. The van der Waals surface area contributed by atoms with Gasteiger partial charge in [0.15, 0.2) is 4.80 Å².